The van der Waals surface area contributed by atoms with E-state index in [4.69, 9.17) is 9.47 Å². The molecule has 0 aliphatic rings. The van der Waals surface area contributed by atoms with Gasteiger partial charge in [0.25, 0.3) is 0 Å². The van der Waals surface area contributed by atoms with E-state index in [1.807, 2.05) is 0 Å². The molecule has 5 heteroatoms. The number of carbonyl (C=O) groups is 2. The van der Waals surface area contributed by atoms with E-state index in [0.29, 0.717) is 11.4 Å². The van der Waals surface area contributed by atoms with Gasteiger partial charge in [-0.3, -0.25) is 14.6 Å². The minimum atomic E-state index is -0.408. The fraction of sp³-hybridized carbons (Fsp3) is 0.562. The molecule has 21 heavy (non-hydrogen) atoms. The zero-order valence-electron chi connectivity index (χ0n) is 13.2. The Morgan fingerprint density at radius 1 is 1.19 bits per heavy atom. The van der Waals surface area contributed by atoms with Crippen LogP contribution in [0.25, 0.3) is 0 Å². The first-order valence-corrected chi connectivity index (χ1v) is 7.24. The van der Waals surface area contributed by atoms with Crippen LogP contribution in [0.15, 0.2) is 6.20 Å². The van der Waals surface area contributed by atoms with Crippen LogP contribution in [-0.4, -0.2) is 16.9 Å². The molecule has 0 saturated heterocycles. The largest absolute Gasteiger partial charge is 0.461 e. The van der Waals surface area contributed by atoms with Crippen molar-refractivity contribution in [3.8, 4) is 5.75 Å². The van der Waals surface area contributed by atoms with Crippen LogP contribution < -0.4 is 4.74 Å². The highest BCUT2D eigenvalue weighted by atomic mass is 16.5. The Balaban J connectivity index is 3.09. The molecular weight excluding hydrogens is 270 g/mol. The van der Waals surface area contributed by atoms with Gasteiger partial charge in [0.05, 0.1) is 5.69 Å². The van der Waals surface area contributed by atoms with E-state index < -0.39 is 5.97 Å². The van der Waals surface area contributed by atoms with Crippen LogP contribution >= 0.6 is 0 Å². The number of esters is 2. The Kier molecular flexibility index (Phi) is 6.85. The molecule has 116 valence electrons. The highest BCUT2D eigenvalue weighted by Crippen LogP contribution is 2.27. The van der Waals surface area contributed by atoms with Gasteiger partial charge in [0.1, 0.15) is 6.61 Å². The van der Waals surface area contributed by atoms with E-state index in [-0.39, 0.29) is 12.6 Å². The number of pyridine rings is 1. The number of aromatic nitrogens is 1. The number of aryl methyl sites for hydroxylation is 2. The number of nitrogens with zero attached hydrogens (tertiary/aromatic N) is 1. The summed E-state index contributed by atoms with van der Waals surface area (Å²) < 4.78 is 10.4. The maximum absolute atomic E-state index is 11.3. The van der Waals surface area contributed by atoms with Gasteiger partial charge in [0.15, 0.2) is 5.75 Å². The van der Waals surface area contributed by atoms with Crippen LogP contribution in [0.1, 0.15) is 56.9 Å². The van der Waals surface area contributed by atoms with Gasteiger partial charge >= 0.3 is 11.9 Å². The third kappa shape index (κ3) is 5.53. The summed E-state index contributed by atoms with van der Waals surface area (Å²) in [5.41, 5.74) is 2.32. The smallest absolute Gasteiger partial charge is 0.308 e. The van der Waals surface area contributed by atoms with Crippen molar-refractivity contribution in [3.05, 3.63) is 23.0 Å². The van der Waals surface area contributed by atoms with Gasteiger partial charge in [-0.2, -0.15) is 0 Å². The first kappa shape index (κ1) is 17.1. The molecule has 0 fully saturated rings. The van der Waals surface area contributed by atoms with E-state index in [0.717, 1.165) is 36.8 Å². The van der Waals surface area contributed by atoms with Gasteiger partial charge in [-0.25, -0.2) is 0 Å². The Morgan fingerprint density at radius 3 is 2.48 bits per heavy atom. The molecule has 0 spiro atoms. The predicted molar refractivity (Wildman–Crippen MR) is 79.0 cm³/mol. The first-order chi connectivity index (χ1) is 9.95. The van der Waals surface area contributed by atoms with Gasteiger partial charge in [0, 0.05) is 25.6 Å². The Hall–Kier alpha value is -1.91. The van der Waals surface area contributed by atoms with Gasteiger partial charge in [-0.1, -0.05) is 19.8 Å². The van der Waals surface area contributed by atoms with Crippen molar-refractivity contribution in [2.75, 3.05) is 0 Å². The zero-order chi connectivity index (χ0) is 15.8. The molecule has 5 nitrogen and oxygen atoms in total. The Bertz CT molecular complexity index is 511. The van der Waals surface area contributed by atoms with Crippen molar-refractivity contribution in [1.29, 1.82) is 0 Å². The lowest BCUT2D eigenvalue weighted by Crippen LogP contribution is -2.11. The molecule has 0 atom stereocenters. The fourth-order valence-electron chi connectivity index (χ4n) is 2.07. The number of carbonyl (C=O) groups excluding carboxylic acids is 2. The molecule has 1 rings (SSSR count). The van der Waals surface area contributed by atoms with Crippen LogP contribution in [0.5, 0.6) is 5.75 Å². The number of unbranched alkanes of at least 4 members (excludes halogenated alkanes) is 2. The lowest BCUT2D eigenvalue weighted by Gasteiger charge is -2.15. The summed E-state index contributed by atoms with van der Waals surface area (Å²) in [4.78, 5) is 26.6. The van der Waals surface area contributed by atoms with Gasteiger partial charge in [-0.15, -0.1) is 0 Å². The average molecular weight is 293 g/mol. The molecule has 0 aliphatic heterocycles. The highest BCUT2D eigenvalue weighted by Gasteiger charge is 2.16. The summed E-state index contributed by atoms with van der Waals surface area (Å²) in [5, 5.41) is 0. The van der Waals surface area contributed by atoms with Crippen molar-refractivity contribution >= 4 is 11.9 Å². The van der Waals surface area contributed by atoms with Crippen molar-refractivity contribution in [2.24, 2.45) is 0 Å². The standard InChI is InChI=1S/C16H23NO4/c1-5-6-7-8-14-9-17-11(2)16(21-13(4)19)15(14)10-20-12(3)18/h9H,5-8,10H2,1-4H3. The molecule has 0 N–H and O–H groups in total. The molecule has 1 aromatic heterocycles. The lowest BCUT2D eigenvalue weighted by atomic mass is 10.0. The Morgan fingerprint density at radius 2 is 1.90 bits per heavy atom. The van der Waals surface area contributed by atoms with Crippen LogP contribution in [-0.2, 0) is 27.4 Å². The molecule has 0 aliphatic carbocycles. The van der Waals surface area contributed by atoms with Crippen LogP contribution in [0.3, 0.4) is 0 Å². The summed E-state index contributed by atoms with van der Waals surface area (Å²) in [5.74, 6) is -0.356. The second kappa shape index (κ2) is 8.39. The molecule has 1 heterocycles. The van der Waals surface area contributed by atoms with Crippen molar-refractivity contribution in [3.63, 3.8) is 0 Å². The molecule has 1 aromatic rings. The lowest BCUT2D eigenvalue weighted by molar-refractivity contribution is -0.142. The van der Waals surface area contributed by atoms with E-state index in [1.165, 1.54) is 13.8 Å². The maximum Gasteiger partial charge on any atom is 0.308 e. The second-order valence-corrected chi connectivity index (χ2v) is 5.01. The molecular formula is C16H23NO4. The van der Waals surface area contributed by atoms with Crippen LogP contribution in [0.4, 0.5) is 0 Å². The number of rotatable bonds is 7. The summed E-state index contributed by atoms with van der Waals surface area (Å²) in [6.45, 7) is 6.71. The topological polar surface area (TPSA) is 65.5 Å². The first-order valence-electron chi connectivity index (χ1n) is 7.24. The van der Waals surface area contributed by atoms with Gasteiger partial charge < -0.3 is 9.47 Å². The average Bonchev–Trinajstić information content (AvgIpc) is 2.40. The normalized spacial score (nSPS) is 10.3. The second-order valence-electron chi connectivity index (χ2n) is 5.01. The van der Waals surface area contributed by atoms with E-state index in [1.54, 1.807) is 13.1 Å². The van der Waals surface area contributed by atoms with E-state index in [2.05, 4.69) is 11.9 Å². The zero-order valence-corrected chi connectivity index (χ0v) is 13.2. The minimum absolute atomic E-state index is 0.1000. The van der Waals surface area contributed by atoms with Crippen molar-refractivity contribution in [1.82, 2.24) is 4.98 Å². The third-order valence-electron chi connectivity index (χ3n) is 3.12. The SMILES string of the molecule is CCCCCc1cnc(C)c(OC(C)=O)c1COC(C)=O. The van der Waals surface area contributed by atoms with Crippen molar-refractivity contribution in [2.45, 2.75) is 60.0 Å². The van der Waals surface area contributed by atoms with Crippen molar-refractivity contribution < 1.29 is 19.1 Å². The van der Waals surface area contributed by atoms with Gasteiger partial charge in [-0.05, 0) is 25.3 Å². The number of hydrogen-bond acceptors (Lipinski definition) is 5. The third-order valence-corrected chi connectivity index (χ3v) is 3.12. The highest BCUT2D eigenvalue weighted by molar-refractivity contribution is 5.70. The van der Waals surface area contributed by atoms with Gasteiger partial charge in [0.2, 0.25) is 0 Å². The molecule has 0 bridgehead atoms. The molecule has 0 saturated carbocycles. The van der Waals surface area contributed by atoms with Crippen LogP contribution in [0.2, 0.25) is 0 Å². The van der Waals surface area contributed by atoms with E-state index >= 15 is 0 Å². The van der Waals surface area contributed by atoms with Crippen LogP contribution in [0, 0.1) is 6.92 Å². The molecule has 0 amide bonds. The summed E-state index contributed by atoms with van der Waals surface area (Å²) >= 11 is 0. The summed E-state index contributed by atoms with van der Waals surface area (Å²) in [6, 6.07) is 0. The molecule has 0 aromatic carbocycles. The molecule has 0 radical (unpaired) electrons. The van der Waals surface area contributed by atoms with E-state index in [9.17, 15) is 9.59 Å². The Labute approximate surface area is 125 Å². The number of hydrogen-bond donors (Lipinski definition) is 0. The number of ether oxygens (including phenoxy) is 2. The quantitative estimate of drug-likeness (QED) is 0.571. The fourth-order valence-corrected chi connectivity index (χ4v) is 2.07. The monoisotopic (exact) mass is 293 g/mol. The maximum atomic E-state index is 11.3. The predicted octanol–water partition coefficient (Wildman–Crippen LogP) is 3.11. The summed E-state index contributed by atoms with van der Waals surface area (Å²) in [6.07, 6.45) is 5.86. The summed E-state index contributed by atoms with van der Waals surface area (Å²) in [7, 11) is 0. The minimum Gasteiger partial charge on any atom is -0.461 e. The molecule has 0 unspecified atom stereocenters.